The highest BCUT2D eigenvalue weighted by atomic mass is 16.5. The van der Waals surface area contributed by atoms with Crippen molar-refractivity contribution in [2.24, 2.45) is 0 Å². The minimum absolute atomic E-state index is 0.234. The third-order valence-corrected chi connectivity index (χ3v) is 5.99. The molecule has 0 spiro atoms. The van der Waals surface area contributed by atoms with Crippen LogP contribution < -0.4 is 4.90 Å². The van der Waals surface area contributed by atoms with Crippen LogP contribution in [0.5, 0.6) is 0 Å². The van der Waals surface area contributed by atoms with Crippen molar-refractivity contribution in [1.82, 2.24) is 9.97 Å². The third kappa shape index (κ3) is 4.85. The Morgan fingerprint density at radius 1 is 1.19 bits per heavy atom. The molecule has 1 aliphatic heterocycles. The molecule has 3 aromatic rings. The maximum Gasteiger partial charge on any atom is 0.339 e. The Morgan fingerprint density at radius 3 is 2.68 bits per heavy atom. The number of hydrogen-bond acceptors (Lipinski definition) is 6. The van der Waals surface area contributed by atoms with Gasteiger partial charge in [-0.1, -0.05) is 24.3 Å². The molecule has 31 heavy (non-hydrogen) atoms. The minimum Gasteiger partial charge on any atom is -0.462 e. The molecule has 1 fully saturated rings. The first-order valence-corrected chi connectivity index (χ1v) is 11.1. The van der Waals surface area contributed by atoms with Gasteiger partial charge < -0.3 is 14.7 Å². The fraction of sp³-hybridized carbons (Fsp3) is 0.400. The highest BCUT2D eigenvalue weighted by molar-refractivity contribution is 6.04. The Labute approximate surface area is 182 Å². The molecule has 6 nitrogen and oxygen atoms in total. The average Bonchev–Trinajstić information content (AvgIpc) is 2.82. The van der Waals surface area contributed by atoms with E-state index in [-0.39, 0.29) is 12.6 Å². The number of piperidine rings is 1. The number of aliphatic hydroxyl groups is 1. The monoisotopic (exact) mass is 419 g/mol. The van der Waals surface area contributed by atoms with E-state index in [0.29, 0.717) is 18.1 Å². The summed E-state index contributed by atoms with van der Waals surface area (Å²) < 4.78 is 5.26. The van der Waals surface area contributed by atoms with Gasteiger partial charge in [-0.3, -0.25) is 4.98 Å². The van der Waals surface area contributed by atoms with E-state index in [1.807, 2.05) is 19.1 Å². The number of nitrogens with zero attached hydrogens (tertiary/aromatic N) is 3. The number of pyridine rings is 2. The summed E-state index contributed by atoms with van der Waals surface area (Å²) in [6.45, 7) is 4.16. The summed E-state index contributed by atoms with van der Waals surface area (Å²) >= 11 is 0. The number of aryl methyl sites for hydroxylation is 1. The molecular formula is C25H29N3O3. The van der Waals surface area contributed by atoms with E-state index < -0.39 is 0 Å². The predicted molar refractivity (Wildman–Crippen MR) is 122 cm³/mol. The molecule has 0 saturated carbocycles. The van der Waals surface area contributed by atoms with Crippen LogP contribution in [0.15, 0.2) is 48.8 Å². The second-order valence-electron chi connectivity index (χ2n) is 7.97. The average molecular weight is 420 g/mol. The molecule has 4 rings (SSSR count). The van der Waals surface area contributed by atoms with Crippen molar-refractivity contribution in [2.75, 3.05) is 31.2 Å². The standard InChI is InChI=1S/C25H29N3O3/c1-2-31-25(30)21-16-24(27-23-9-12-26-17-22(21)23)28-13-10-20(11-14-28)19-7-5-18(6-8-19)4-3-15-29/h5-9,12,16-17,20,29H,2-4,10-11,13-15H2,1H3. The van der Waals surface area contributed by atoms with E-state index in [1.165, 1.54) is 11.1 Å². The van der Waals surface area contributed by atoms with Gasteiger partial charge in [0.05, 0.1) is 17.7 Å². The number of carbonyl (C=O) groups excluding carboxylic acids is 1. The third-order valence-electron chi connectivity index (χ3n) is 5.99. The van der Waals surface area contributed by atoms with Crippen LogP contribution in [0.3, 0.4) is 0 Å². The fourth-order valence-corrected chi connectivity index (χ4v) is 4.28. The lowest BCUT2D eigenvalue weighted by Crippen LogP contribution is -2.33. The number of esters is 1. The molecule has 3 heterocycles. The number of aromatic nitrogens is 2. The molecule has 0 radical (unpaired) electrons. The molecule has 0 atom stereocenters. The normalized spacial score (nSPS) is 14.7. The fourth-order valence-electron chi connectivity index (χ4n) is 4.28. The van der Waals surface area contributed by atoms with E-state index in [0.717, 1.165) is 55.5 Å². The Hall–Kier alpha value is -2.99. The van der Waals surface area contributed by atoms with Gasteiger partial charge in [0.1, 0.15) is 5.82 Å². The Bertz CT molecular complexity index is 1030. The summed E-state index contributed by atoms with van der Waals surface area (Å²) in [6.07, 6.45) is 7.18. The van der Waals surface area contributed by atoms with Gasteiger partial charge >= 0.3 is 5.97 Å². The van der Waals surface area contributed by atoms with E-state index in [1.54, 1.807) is 12.4 Å². The largest absolute Gasteiger partial charge is 0.462 e. The number of carbonyl (C=O) groups is 1. The van der Waals surface area contributed by atoms with Crippen LogP contribution in [0.1, 0.15) is 53.6 Å². The number of hydrogen-bond donors (Lipinski definition) is 1. The summed E-state index contributed by atoms with van der Waals surface area (Å²) in [7, 11) is 0. The smallest absolute Gasteiger partial charge is 0.339 e. The maximum absolute atomic E-state index is 12.5. The first-order valence-electron chi connectivity index (χ1n) is 11.1. The Morgan fingerprint density at radius 2 is 1.97 bits per heavy atom. The van der Waals surface area contributed by atoms with Crippen molar-refractivity contribution in [1.29, 1.82) is 0 Å². The van der Waals surface area contributed by atoms with E-state index in [2.05, 4.69) is 34.1 Å². The molecule has 1 N–H and O–H groups in total. The summed E-state index contributed by atoms with van der Waals surface area (Å²) in [5, 5.41) is 9.72. The first kappa shape index (κ1) is 21.2. The first-order chi connectivity index (χ1) is 15.2. The molecule has 0 unspecified atom stereocenters. The van der Waals surface area contributed by atoms with Gasteiger partial charge in [0.25, 0.3) is 0 Å². The van der Waals surface area contributed by atoms with Crippen molar-refractivity contribution in [3.63, 3.8) is 0 Å². The predicted octanol–water partition coefficient (Wildman–Crippen LogP) is 4.12. The van der Waals surface area contributed by atoms with E-state index in [9.17, 15) is 4.79 Å². The second-order valence-corrected chi connectivity index (χ2v) is 7.97. The van der Waals surface area contributed by atoms with Crippen LogP contribution in [0.25, 0.3) is 10.9 Å². The lowest BCUT2D eigenvalue weighted by molar-refractivity contribution is 0.0528. The zero-order valence-electron chi connectivity index (χ0n) is 18.0. The van der Waals surface area contributed by atoms with Crippen LogP contribution in [-0.4, -0.2) is 47.3 Å². The summed E-state index contributed by atoms with van der Waals surface area (Å²) in [6, 6.07) is 12.5. The lowest BCUT2D eigenvalue weighted by Gasteiger charge is -2.33. The quantitative estimate of drug-likeness (QED) is 0.581. The zero-order valence-corrected chi connectivity index (χ0v) is 18.0. The molecule has 1 aromatic carbocycles. The molecule has 1 saturated heterocycles. The van der Waals surface area contributed by atoms with Crippen molar-refractivity contribution in [2.45, 2.75) is 38.5 Å². The minimum atomic E-state index is -0.333. The van der Waals surface area contributed by atoms with Gasteiger partial charge in [-0.05, 0) is 61.8 Å². The molecule has 1 aliphatic rings. The van der Waals surface area contributed by atoms with Crippen LogP contribution in [0, 0.1) is 0 Å². The molecule has 0 amide bonds. The number of fused-ring (bicyclic) bond motifs is 1. The van der Waals surface area contributed by atoms with Gasteiger partial charge in [0.2, 0.25) is 0 Å². The summed E-state index contributed by atoms with van der Waals surface area (Å²) in [5.41, 5.74) is 3.93. The maximum atomic E-state index is 12.5. The van der Waals surface area contributed by atoms with Gasteiger partial charge in [0, 0.05) is 37.5 Å². The van der Waals surface area contributed by atoms with E-state index >= 15 is 0 Å². The number of anilines is 1. The van der Waals surface area contributed by atoms with Crippen LogP contribution in [-0.2, 0) is 11.2 Å². The zero-order chi connectivity index (χ0) is 21.6. The highest BCUT2D eigenvalue weighted by Gasteiger charge is 2.23. The molecule has 162 valence electrons. The molecule has 0 aliphatic carbocycles. The number of benzene rings is 1. The van der Waals surface area contributed by atoms with Gasteiger partial charge in [0.15, 0.2) is 0 Å². The number of rotatable bonds is 7. The van der Waals surface area contributed by atoms with Crippen LogP contribution in [0.4, 0.5) is 5.82 Å². The van der Waals surface area contributed by atoms with Gasteiger partial charge in [-0.2, -0.15) is 0 Å². The van der Waals surface area contributed by atoms with Crippen molar-refractivity contribution >= 4 is 22.7 Å². The SMILES string of the molecule is CCOC(=O)c1cc(N2CCC(c3ccc(CCCO)cc3)CC2)nc2ccncc12. The number of ether oxygens (including phenoxy) is 1. The second kappa shape index (κ2) is 9.88. The molecule has 6 heteroatoms. The van der Waals surface area contributed by atoms with Crippen molar-refractivity contribution < 1.29 is 14.6 Å². The molecule has 0 bridgehead atoms. The Kier molecular flexibility index (Phi) is 6.77. The number of aliphatic hydroxyl groups excluding tert-OH is 1. The highest BCUT2D eigenvalue weighted by Crippen LogP contribution is 2.31. The lowest BCUT2D eigenvalue weighted by atomic mass is 9.88. The van der Waals surface area contributed by atoms with Gasteiger partial charge in [-0.15, -0.1) is 0 Å². The molecular weight excluding hydrogens is 390 g/mol. The van der Waals surface area contributed by atoms with Crippen molar-refractivity contribution in [3.05, 3.63) is 65.5 Å². The Balaban J connectivity index is 1.49. The van der Waals surface area contributed by atoms with Gasteiger partial charge in [-0.25, -0.2) is 9.78 Å². The summed E-state index contributed by atoms with van der Waals surface area (Å²) in [5.74, 6) is 1.01. The van der Waals surface area contributed by atoms with Crippen LogP contribution in [0.2, 0.25) is 0 Å². The molecule has 2 aromatic heterocycles. The summed E-state index contributed by atoms with van der Waals surface area (Å²) in [4.78, 5) is 23.7. The van der Waals surface area contributed by atoms with Crippen molar-refractivity contribution in [3.8, 4) is 0 Å². The van der Waals surface area contributed by atoms with Crippen LogP contribution >= 0.6 is 0 Å². The van der Waals surface area contributed by atoms with E-state index in [4.69, 9.17) is 14.8 Å². The topological polar surface area (TPSA) is 75.5 Å².